The van der Waals surface area contributed by atoms with Gasteiger partial charge in [-0.3, -0.25) is 4.72 Å². The zero-order valence-electron chi connectivity index (χ0n) is 9.90. The number of nitrogens with two attached hydrogens (primary N) is 1. The number of halogens is 3. The maximum Gasteiger partial charge on any atom is 0.262 e. The molecular weight excluding hydrogens is 326 g/mol. The van der Waals surface area contributed by atoms with Crippen molar-refractivity contribution in [2.24, 2.45) is 0 Å². The molecule has 0 spiro atoms. The topological polar surface area (TPSA) is 72.2 Å². The zero-order chi connectivity index (χ0) is 14.9. The summed E-state index contributed by atoms with van der Waals surface area (Å²) in [5.74, 6) is -0.775. The molecule has 0 bridgehead atoms. The van der Waals surface area contributed by atoms with Gasteiger partial charge >= 0.3 is 0 Å². The Morgan fingerprint density at radius 1 is 1.10 bits per heavy atom. The van der Waals surface area contributed by atoms with Crippen molar-refractivity contribution in [2.45, 2.75) is 4.90 Å². The van der Waals surface area contributed by atoms with E-state index < -0.39 is 15.8 Å². The van der Waals surface area contributed by atoms with Crippen molar-refractivity contribution < 1.29 is 12.8 Å². The molecule has 0 heterocycles. The van der Waals surface area contributed by atoms with E-state index in [9.17, 15) is 12.8 Å². The van der Waals surface area contributed by atoms with Gasteiger partial charge in [0, 0.05) is 5.02 Å². The lowest BCUT2D eigenvalue weighted by Gasteiger charge is -2.10. The molecule has 0 amide bonds. The van der Waals surface area contributed by atoms with Crippen LogP contribution in [0.3, 0.4) is 0 Å². The third kappa shape index (κ3) is 3.15. The van der Waals surface area contributed by atoms with Gasteiger partial charge in [-0.05, 0) is 36.4 Å². The third-order valence-corrected chi connectivity index (χ3v) is 4.38. The molecule has 0 radical (unpaired) electrons. The van der Waals surface area contributed by atoms with Gasteiger partial charge in [0.05, 0.1) is 21.3 Å². The van der Waals surface area contributed by atoms with Crippen molar-refractivity contribution in [2.75, 3.05) is 10.5 Å². The Morgan fingerprint density at radius 2 is 1.80 bits per heavy atom. The molecular formula is C12H9Cl2FN2O2S. The Labute approximate surface area is 125 Å². The minimum atomic E-state index is -3.96. The van der Waals surface area contributed by atoms with Crippen molar-refractivity contribution in [1.82, 2.24) is 0 Å². The quantitative estimate of drug-likeness (QED) is 0.843. The van der Waals surface area contributed by atoms with Crippen LogP contribution in [0.4, 0.5) is 15.8 Å². The number of hydrogen-bond donors (Lipinski definition) is 2. The molecule has 2 aromatic carbocycles. The molecule has 8 heteroatoms. The summed E-state index contributed by atoms with van der Waals surface area (Å²) in [6, 6.07) is 7.43. The second-order valence-electron chi connectivity index (χ2n) is 3.91. The van der Waals surface area contributed by atoms with Crippen LogP contribution in [0.1, 0.15) is 0 Å². The summed E-state index contributed by atoms with van der Waals surface area (Å²) in [5.41, 5.74) is 5.55. The van der Waals surface area contributed by atoms with E-state index in [1.807, 2.05) is 0 Å². The lowest BCUT2D eigenvalue weighted by Crippen LogP contribution is -2.14. The van der Waals surface area contributed by atoms with Crippen molar-refractivity contribution in [1.29, 1.82) is 0 Å². The van der Waals surface area contributed by atoms with Crippen LogP contribution in [0.5, 0.6) is 0 Å². The maximum atomic E-state index is 13.6. The van der Waals surface area contributed by atoms with Crippen LogP contribution < -0.4 is 10.5 Å². The largest absolute Gasteiger partial charge is 0.398 e. The summed E-state index contributed by atoms with van der Waals surface area (Å²) in [7, 11) is -3.96. The summed E-state index contributed by atoms with van der Waals surface area (Å²) in [6.07, 6.45) is 0. The smallest absolute Gasteiger partial charge is 0.262 e. The van der Waals surface area contributed by atoms with Gasteiger partial charge in [0.15, 0.2) is 0 Å². The fourth-order valence-electron chi connectivity index (χ4n) is 1.45. The highest BCUT2D eigenvalue weighted by Gasteiger charge is 2.17. The van der Waals surface area contributed by atoms with Crippen LogP contribution in [0.15, 0.2) is 41.3 Å². The first-order valence-electron chi connectivity index (χ1n) is 5.32. The molecule has 106 valence electrons. The van der Waals surface area contributed by atoms with Gasteiger partial charge in [-0.15, -0.1) is 0 Å². The summed E-state index contributed by atoms with van der Waals surface area (Å²) in [6.45, 7) is 0. The van der Waals surface area contributed by atoms with Crippen LogP contribution >= 0.6 is 23.2 Å². The number of rotatable bonds is 3. The third-order valence-electron chi connectivity index (χ3n) is 2.46. The fourth-order valence-corrected chi connectivity index (χ4v) is 2.95. The Hall–Kier alpha value is -1.50. The average Bonchev–Trinajstić information content (AvgIpc) is 2.36. The lowest BCUT2D eigenvalue weighted by molar-refractivity contribution is 0.598. The SMILES string of the molecule is Nc1ccc(S(=O)(=O)Nc2ccc(Cl)cc2F)cc1Cl. The number of anilines is 2. The van der Waals surface area contributed by atoms with Gasteiger partial charge in [0.2, 0.25) is 0 Å². The standard InChI is InChI=1S/C12H9Cl2FN2O2S/c13-7-1-4-12(10(15)5-7)17-20(18,19)8-2-3-11(16)9(14)6-8/h1-6,17H,16H2. The van der Waals surface area contributed by atoms with E-state index in [0.717, 1.165) is 6.07 Å². The molecule has 4 nitrogen and oxygen atoms in total. The van der Waals surface area contributed by atoms with E-state index in [0.29, 0.717) is 0 Å². The first kappa shape index (κ1) is 14.9. The Balaban J connectivity index is 2.38. The normalized spacial score (nSPS) is 11.3. The number of benzene rings is 2. The number of nitrogen functional groups attached to an aromatic ring is 1. The number of hydrogen-bond acceptors (Lipinski definition) is 3. The molecule has 3 N–H and O–H groups in total. The van der Waals surface area contributed by atoms with Crippen LogP contribution in [0.25, 0.3) is 0 Å². The lowest BCUT2D eigenvalue weighted by atomic mass is 10.3. The van der Waals surface area contributed by atoms with E-state index in [2.05, 4.69) is 4.72 Å². The van der Waals surface area contributed by atoms with E-state index in [1.165, 1.54) is 30.3 Å². The summed E-state index contributed by atoms with van der Waals surface area (Å²) in [5, 5.41) is 0.269. The van der Waals surface area contributed by atoms with Gasteiger partial charge in [-0.1, -0.05) is 23.2 Å². The molecule has 20 heavy (non-hydrogen) atoms. The summed E-state index contributed by atoms with van der Waals surface area (Å²) < 4.78 is 39.9. The predicted octanol–water partition coefficient (Wildman–Crippen LogP) is 3.52. The maximum absolute atomic E-state index is 13.6. The van der Waals surface area contributed by atoms with Gasteiger partial charge < -0.3 is 5.73 Å². The van der Waals surface area contributed by atoms with Gasteiger partial charge in [0.1, 0.15) is 5.82 Å². The highest BCUT2D eigenvalue weighted by molar-refractivity contribution is 7.92. The average molecular weight is 335 g/mol. The van der Waals surface area contributed by atoms with Gasteiger partial charge in [-0.25, -0.2) is 12.8 Å². The molecule has 0 saturated heterocycles. The van der Waals surface area contributed by atoms with Crippen molar-refractivity contribution in [3.05, 3.63) is 52.3 Å². The minimum absolute atomic E-state index is 0.101. The minimum Gasteiger partial charge on any atom is -0.398 e. The molecule has 0 aliphatic rings. The van der Waals surface area contributed by atoms with E-state index in [-0.39, 0.29) is 26.3 Å². The molecule has 0 unspecified atom stereocenters. The van der Waals surface area contributed by atoms with Crippen molar-refractivity contribution in [3.63, 3.8) is 0 Å². The summed E-state index contributed by atoms with van der Waals surface area (Å²) in [4.78, 5) is -0.119. The monoisotopic (exact) mass is 334 g/mol. The van der Waals surface area contributed by atoms with E-state index in [4.69, 9.17) is 28.9 Å². The van der Waals surface area contributed by atoms with Crippen molar-refractivity contribution in [3.8, 4) is 0 Å². The van der Waals surface area contributed by atoms with Crippen LogP contribution in [0, 0.1) is 5.82 Å². The number of nitrogens with one attached hydrogen (secondary N) is 1. The van der Waals surface area contributed by atoms with Crippen LogP contribution in [0.2, 0.25) is 10.0 Å². The predicted molar refractivity (Wildman–Crippen MR) is 78.1 cm³/mol. The Morgan fingerprint density at radius 3 is 2.40 bits per heavy atom. The highest BCUT2D eigenvalue weighted by atomic mass is 35.5. The second-order valence-corrected chi connectivity index (χ2v) is 6.44. The van der Waals surface area contributed by atoms with Gasteiger partial charge in [-0.2, -0.15) is 0 Å². The zero-order valence-corrected chi connectivity index (χ0v) is 12.2. The van der Waals surface area contributed by atoms with E-state index >= 15 is 0 Å². The Kier molecular flexibility index (Phi) is 4.08. The number of sulfonamides is 1. The van der Waals surface area contributed by atoms with Crippen molar-refractivity contribution >= 4 is 44.6 Å². The fraction of sp³-hybridized carbons (Fsp3) is 0. The first-order valence-corrected chi connectivity index (χ1v) is 7.56. The van der Waals surface area contributed by atoms with Gasteiger partial charge in [0.25, 0.3) is 10.0 Å². The molecule has 0 fully saturated rings. The summed E-state index contributed by atoms with van der Waals surface area (Å²) >= 11 is 11.4. The highest BCUT2D eigenvalue weighted by Crippen LogP contribution is 2.25. The molecule has 0 atom stereocenters. The molecule has 0 saturated carbocycles. The molecule has 0 aliphatic carbocycles. The second kappa shape index (κ2) is 5.47. The molecule has 0 aromatic heterocycles. The molecule has 0 aliphatic heterocycles. The van der Waals surface area contributed by atoms with Crippen LogP contribution in [-0.2, 0) is 10.0 Å². The van der Waals surface area contributed by atoms with Crippen LogP contribution in [-0.4, -0.2) is 8.42 Å². The molecule has 2 rings (SSSR count). The first-order chi connectivity index (χ1) is 9.29. The molecule has 2 aromatic rings. The Bertz CT molecular complexity index is 766. The van der Waals surface area contributed by atoms with E-state index in [1.54, 1.807) is 0 Å².